The molecule has 1 unspecified atom stereocenters. The Hall–Kier alpha value is -2.40. The summed E-state index contributed by atoms with van der Waals surface area (Å²) in [6.07, 6.45) is 4.12. The Kier molecular flexibility index (Phi) is 7.00. The van der Waals surface area contributed by atoms with Crippen LogP contribution in [0.4, 0.5) is 0 Å². The molecule has 4 nitrogen and oxygen atoms in total. The highest BCUT2D eigenvalue weighted by atomic mass is 16.5. The Balaban J connectivity index is 1.32. The van der Waals surface area contributed by atoms with Crippen LogP contribution < -0.4 is 0 Å². The Morgan fingerprint density at radius 1 is 1.03 bits per heavy atom. The van der Waals surface area contributed by atoms with Crippen molar-refractivity contribution in [2.24, 2.45) is 0 Å². The van der Waals surface area contributed by atoms with Crippen molar-refractivity contribution in [1.82, 2.24) is 9.47 Å². The fourth-order valence-corrected chi connectivity index (χ4v) is 3.92. The van der Waals surface area contributed by atoms with E-state index in [1.54, 1.807) is 0 Å². The van der Waals surface area contributed by atoms with Crippen LogP contribution in [0, 0.1) is 6.92 Å². The van der Waals surface area contributed by atoms with E-state index in [-0.39, 0.29) is 0 Å². The summed E-state index contributed by atoms with van der Waals surface area (Å²) >= 11 is 0. The molecule has 4 rings (SSSR count). The van der Waals surface area contributed by atoms with Crippen LogP contribution in [-0.4, -0.2) is 39.9 Å². The predicted molar refractivity (Wildman–Crippen MR) is 120 cm³/mol. The fraction of sp³-hybridized carbons (Fsp3) is 0.385. The first-order valence-electron chi connectivity index (χ1n) is 10.9. The Labute approximate surface area is 179 Å². The first-order valence-corrected chi connectivity index (χ1v) is 10.9. The zero-order valence-corrected chi connectivity index (χ0v) is 17.8. The summed E-state index contributed by atoms with van der Waals surface area (Å²) in [6.45, 7) is 5.47. The van der Waals surface area contributed by atoms with Crippen LogP contribution in [0.1, 0.15) is 35.2 Å². The number of aryl methyl sites for hydroxylation is 1. The summed E-state index contributed by atoms with van der Waals surface area (Å²) < 4.78 is 8.08. The molecule has 4 heteroatoms. The van der Waals surface area contributed by atoms with E-state index < -0.39 is 6.10 Å². The van der Waals surface area contributed by atoms with E-state index in [0.29, 0.717) is 25.8 Å². The molecule has 1 aliphatic carbocycles. The zero-order valence-electron chi connectivity index (χ0n) is 17.8. The molecule has 0 aliphatic heterocycles. The highest BCUT2D eigenvalue weighted by molar-refractivity contribution is 5.26. The van der Waals surface area contributed by atoms with Crippen molar-refractivity contribution in [3.05, 3.63) is 95.3 Å². The predicted octanol–water partition coefficient (Wildman–Crippen LogP) is 4.39. The zero-order chi connectivity index (χ0) is 20.8. The molecule has 158 valence electrons. The van der Waals surface area contributed by atoms with Crippen molar-refractivity contribution in [2.75, 3.05) is 13.2 Å². The van der Waals surface area contributed by atoms with Crippen LogP contribution in [0.25, 0.3) is 0 Å². The molecule has 2 aromatic carbocycles. The minimum atomic E-state index is -0.478. The van der Waals surface area contributed by atoms with Crippen molar-refractivity contribution in [3.8, 4) is 0 Å². The number of aromatic nitrogens is 1. The maximum absolute atomic E-state index is 10.6. The van der Waals surface area contributed by atoms with Crippen molar-refractivity contribution >= 4 is 0 Å². The number of aliphatic hydroxyl groups is 1. The van der Waals surface area contributed by atoms with Crippen LogP contribution in [-0.2, 0) is 24.4 Å². The van der Waals surface area contributed by atoms with Crippen molar-refractivity contribution in [2.45, 2.75) is 51.6 Å². The second kappa shape index (κ2) is 10.1. The van der Waals surface area contributed by atoms with Gasteiger partial charge in [0.05, 0.1) is 19.3 Å². The summed E-state index contributed by atoms with van der Waals surface area (Å²) in [5.74, 6) is 0. The van der Waals surface area contributed by atoms with E-state index in [0.717, 1.165) is 18.7 Å². The largest absolute Gasteiger partial charge is 0.389 e. The van der Waals surface area contributed by atoms with Gasteiger partial charge in [-0.15, -0.1) is 0 Å². The third kappa shape index (κ3) is 5.82. The summed E-state index contributed by atoms with van der Waals surface area (Å²) in [5, 5.41) is 10.6. The summed E-state index contributed by atoms with van der Waals surface area (Å²) in [7, 11) is 0. The lowest BCUT2D eigenvalue weighted by Gasteiger charge is -2.25. The third-order valence-electron chi connectivity index (χ3n) is 5.82. The molecule has 1 N–H and O–H groups in total. The standard InChI is InChI=1S/C26H32N2O2/c1-21-8-5-6-11-23(21)16-27-15-7-12-25(27)17-28(24-13-14-24)18-26(29)20-30-19-22-9-3-2-4-10-22/h2-12,15,24,26,29H,13-14,16-20H2,1H3. The molecular formula is C26H32N2O2. The SMILES string of the molecule is Cc1ccccc1Cn1cccc1CN(CC(O)COCc1ccccc1)C1CC1. The maximum atomic E-state index is 10.6. The minimum absolute atomic E-state index is 0.363. The number of nitrogens with zero attached hydrogens (tertiary/aromatic N) is 2. The molecule has 0 bridgehead atoms. The monoisotopic (exact) mass is 404 g/mol. The van der Waals surface area contributed by atoms with E-state index in [2.05, 4.69) is 59.0 Å². The average molecular weight is 405 g/mol. The van der Waals surface area contributed by atoms with Crippen LogP contribution in [0.2, 0.25) is 0 Å². The van der Waals surface area contributed by atoms with Gasteiger partial charge in [0, 0.05) is 37.6 Å². The third-order valence-corrected chi connectivity index (χ3v) is 5.82. The van der Waals surface area contributed by atoms with Gasteiger partial charge in [0.25, 0.3) is 0 Å². The second-order valence-corrected chi connectivity index (χ2v) is 8.37. The van der Waals surface area contributed by atoms with Gasteiger partial charge in [0.1, 0.15) is 0 Å². The van der Waals surface area contributed by atoms with Crippen molar-refractivity contribution in [3.63, 3.8) is 0 Å². The van der Waals surface area contributed by atoms with E-state index in [1.165, 1.54) is 29.7 Å². The van der Waals surface area contributed by atoms with Gasteiger partial charge in [-0.1, -0.05) is 54.6 Å². The van der Waals surface area contributed by atoms with Crippen LogP contribution >= 0.6 is 0 Å². The van der Waals surface area contributed by atoms with Gasteiger partial charge < -0.3 is 14.4 Å². The lowest BCUT2D eigenvalue weighted by atomic mass is 10.1. The lowest BCUT2D eigenvalue weighted by molar-refractivity contribution is 0.00672. The highest BCUT2D eigenvalue weighted by Gasteiger charge is 2.30. The first kappa shape index (κ1) is 20.9. The number of benzene rings is 2. The van der Waals surface area contributed by atoms with Crippen LogP contribution in [0.5, 0.6) is 0 Å². The fourth-order valence-electron chi connectivity index (χ4n) is 3.92. The number of aliphatic hydroxyl groups excluding tert-OH is 1. The highest BCUT2D eigenvalue weighted by Crippen LogP contribution is 2.29. The number of hydrogen-bond donors (Lipinski definition) is 1. The lowest BCUT2D eigenvalue weighted by Crippen LogP contribution is -2.36. The topological polar surface area (TPSA) is 37.6 Å². The molecule has 1 aromatic heterocycles. The maximum Gasteiger partial charge on any atom is 0.0900 e. The Bertz CT molecular complexity index is 918. The van der Waals surface area contributed by atoms with Crippen molar-refractivity contribution in [1.29, 1.82) is 0 Å². The normalized spacial score (nSPS) is 14.9. The molecule has 30 heavy (non-hydrogen) atoms. The summed E-state index contributed by atoms with van der Waals surface area (Å²) in [4.78, 5) is 2.42. The quantitative estimate of drug-likeness (QED) is 0.515. The molecule has 0 saturated heterocycles. The molecule has 1 fully saturated rings. The van der Waals surface area contributed by atoms with Gasteiger partial charge in [-0.2, -0.15) is 0 Å². The number of rotatable bonds is 11. The van der Waals surface area contributed by atoms with Crippen molar-refractivity contribution < 1.29 is 9.84 Å². The van der Waals surface area contributed by atoms with Crippen LogP contribution in [0.3, 0.4) is 0 Å². The van der Waals surface area contributed by atoms with Gasteiger partial charge in [-0.25, -0.2) is 0 Å². The molecule has 1 aliphatic rings. The Morgan fingerprint density at radius 2 is 1.80 bits per heavy atom. The van der Waals surface area contributed by atoms with Gasteiger partial charge in [0.2, 0.25) is 0 Å². The van der Waals surface area contributed by atoms with E-state index in [9.17, 15) is 5.11 Å². The molecule has 0 radical (unpaired) electrons. The molecule has 1 saturated carbocycles. The van der Waals surface area contributed by atoms with E-state index >= 15 is 0 Å². The Morgan fingerprint density at radius 3 is 2.57 bits per heavy atom. The molecule has 1 atom stereocenters. The first-order chi connectivity index (χ1) is 14.7. The molecule has 1 heterocycles. The van der Waals surface area contributed by atoms with Gasteiger partial charge in [-0.05, 0) is 48.6 Å². The summed E-state index contributed by atoms with van der Waals surface area (Å²) in [5.41, 5.74) is 5.10. The van der Waals surface area contributed by atoms with Gasteiger partial charge in [0.15, 0.2) is 0 Å². The number of ether oxygens (including phenoxy) is 1. The molecule has 0 amide bonds. The van der Waals surface area contributed by atoms with E-state index in [4.69, 9.17) is 4.74 Å². The van der Waals surface area contributed by atoms with Gasteiger partial charge in [-0.3, -0.25) is 4.90 Å². The van der Waals surface area contributed by atoms with Crippen LogP contribution in [0.15, 0.2) is 72.9 Å². The smallest absolute Gasteiger partial charge is 0.0900 e. The van der Waals surface area contributed by atoms with E-state index in [1.807, 2.05) is 30.3 Å². The molecule has 3 aromatic rings. The molecular weight excluding hydrogens is 372 g/mol. The second-order valence-electron chi connectivity index (χ2n) is 8.37. The average Bonchev–Trinajstić information content (AvgIpc) is 3.51. The van der Waals surface area contributed by atoms with Gasteiger partial charge >= 0.3 is 0 Å². The minimum Gasteiger partial charge on any atom is -0.389 e. The number of hydrogen-bond acceptors (Lipinski definition) is 3. The summed E-state index contributed by atoms with van der Waals surface area (Å²) in [6, 6.07) is 23.6. The molecule has 0 spiro atoms.